The van der Waals surface area contributed by atoms with E-state index in [0.717, 1.165) is 22.1 Å². The summed E-state index contributed by atoms with van der Waals surface area (Å²) in [6, 6.07) is 23.0. The fourth-order valence-corrected chi connectivity index (χ4v) is 6.03. The number of hydrogen-bond acceptors (Lipinski definition) is 6. The molecule has 0 radical (unpaired) electrons. The zero-order valence-corrected chi connectivity index (χ0v) is 21.6. The van der Waals surface area contributed by atoms with Crippen molar-refractivity contribution in [2.24, 2.45) is 0 Å². The second kappa shape index (κ2) is 11.4. The summed E-state index contributed by atoms with van der Waals surface area (Å²) >= 11 is 6.05. The molecule has 4 rings (SSSR count). The van der Waals surface area contributed by atoms with Crippen LogP contribution in [0.5, 0.6) is 5.75 Å². The lowest BCUT2D eigenvalue weighted by Gasteiger charge is -2.26. The van der Waals surface area contributed by atoms with E-state index in [0.29, 0.717) is 28.7 Å². The number of halogens is 1. The first kappa shape index (κ1) is 25.5. The Morgan fingerprint density at radius 3 is 2.29 bits per heavy atom. The highest BCUT2D eigenvalue weighted by Gasteiger charge is 2.41. The minimum absolute atomic E-state index is 0.227. The first-order chi connectivity index (χ1) is 17.0. The van der Waals surface area contributed by atoms with Gasteiger partial charge in [0.25, 0.3) is 0 Å². The third kappa shape index (κ3) is 5.64. The third-order valence-electron chi connectivity index (χ3n) is 5.58. The Labute approximate surface area is 210 Å². The molecule has 1 aromatic heterocycles. The molecule has 1 atom stereocenters. The molecule has 8 heteroatoms. The maximum absolute atomic E-state index is 14.2. The molecule has 0 fully saturated rings. The van der Waals surface area contributed by atoms with Gasteiger partial charge < -0.3 is 18.2 Å². The van der Waals surface area contributed by atoms with Gasteiger partial charge in [0.05, 0.1) is 20.3 Å². The Kier molecular flexibility index (Phi) is 8.32. The van der Waals surface area contributed by atoms with E-state index < -0.39 is 13.4 Å². The fraction of sp³-hybridized carbons (Fsp3) is 0.259. The molecular formula is C27H29ClNO5P. The predicted octanol–water partition coefficient (Wildman–Crippen LogP) is 7.82. The summed E-state index contributed by atoms with van der Waals surface area (Å²) in [6.45, 7) is 4.45. The zero-order chi connectivity index (χ0) is 24.8. The molecular weight excluding hydrogens is 485 g/mol. The first-order valence-electron chi connectivity index (χ1n) is 11.5. The van der Waals surface area contributed by atoms with Gasteiger partial charge in [0.15, 0.2) is 5.78 Å². The Morgan fingerprint density at radius 1 is 0.971 bits per heavy atom. The summed E-state index contributed by atoms with van der Waals surface area (Å²) in [4.78, 5) is 0. The zero-order valence-electron chi connectivity index (χ0n) is 20.0. The number of fused-ring (bicyclic) bond motifs is 1. The predicted molar refractivity (Wildman–Crippen MR) is 140 cm³/mol. The fourth-order valence-electron chi connectivity index (χ4n) is 4.03. The average molecular weight is 514 g/mol. The van der Waals surface area contributed by atoms with Crippen LogP contribution in [-0.2, 0) is 20.2 Å². The van der Waals surface area contributed by atoms with Gasteiger partial charge in [0.1, 0.15) is 17.1 Å². The van der Waals surface area contributed by atoms with E-state index in [4.69, 9.17) is 29.8 Å². The van der Waals surface area contributed by atoms with Crippen molar-refractivity contribution in [1.82, 2.24) is 5.32 Å². The van der Waals surface area contributed by atoms with Gasteiger partial charge in [-0.15, -0.1) is 0 Å². The summed E-state index contributed by atoms with van der Waals surface area (Å²) in [5.74, 6) is 0.297. The van der Waals surface area contributed by atoms with Gasteiger partial charge >= 0.3 is 7.60 Å². The molecule has 0 aliphatic rings. The summed E-state index contributed by atoms with van der Waals surface area (Å²) in [5, 5.41) is 4.93. The first-order valence-corrected chi connectivity index (χ1v) is 13.5. The van der Waals surface area contributed by atoms with Crippen molar-refractivity contribution in [3.8, 4) is 16.9 Å². The lowest BCUT2D eigenvalue weighted by molar-refractivity contribution is 0.204. The van der Waals surface area contributed by atoms with Crippen LogP contribution in [0.4, 0.5) is 0 Å². The van der Waals surface area contributed by atoms with Gasteiger partial charge in [0.2, 0.25) is 0 Å². The Balaban J connectivity index is 1.89. The molecule has 0 saturated heterocycles. The largest absolute Gasteiger partial charge is 0.497 e. The molecule has 3 aromatic carbocycles. The van der Waals surface area contributed by atoms with Crippen LogP contribution in [0.1, 0.15) is 31.0 Å². The van der Waals surface area contributed by atoms with Crippen molar-refractivity contribution in [2.75, 3.05) is 20.3 Å². The third-order valence-corrected chi connectivity index (χ3v) is 8.12. The topological polar surface area (TPSA) is 69.9 Å². The van der Waals surface area contributed by atoms with E-state index in [1.54, 1.807) is 21.0 Å². The van der Waals surface area contributed by atoms with E-state index in [2.05, 4.69) is 5.32 Å². The van der Waals surface area contributed by atoms with Crippen LogP contribution < -0.4 is 10.1 Å². The maximum atomic E-state index is 14.2. The average Bonchev–Trinajstić information content (AvgIpc) is 3.24. The molecule has 35 heavy (non-hydrogen) atoms. The monoisotopic (exact) mass is 513 g/mol. The van der Waals surface area contributed by atoms with Crippen molar-refractivity contribution < 1.29 is 22.8 Å². The van der Waals surface area contributed by atoms with E-state index in [1.807, 2.05) is 72.8 Å². The SMILES string of the molecule is CCOP(=O)(OCC)C(NCc1ccc(Cl)cc1)c1oc2cc(OC)ccc2c1-c1ccccc1. The van der Waals surface area contributed by atoms with Crippen LogP contribution in [0, 0.1) is 0 Å². The van der Waals surface area contributed by atoms with Crippen LogP contribution in [0.25, 0.3) is 22.1 Å². The van der Waals surface area contributed by atoms with Crippen LogP contribution in [0.3, 0.4) is 0 Å². The van der Waals surface area contributed by atoms with Crippen molar-refractivity contribution in [3.05, 3.63) is 89.1 Å². The second-order valence-corrected chi connectivity index (χ2v) is 10.4. The summed E-state index contributed by atoms with van der Waals surface area (Å²) in [7, 11) is -2.07. The highest BCUT2D eigenvalue weighted by Crippen LogP contribution is 2.61. The molecule has 0 saturated carbocycles. The van der Waals surface area contributed by atoms with E-state index >= 15 is 0 Å². The summed E-state index contributed by atoms with van der Waals surface area (Å²) < 4.78 is 37.6. The molecule has 6 nitrogen and oxygen atoms in total. The summed E-state index contributed by atoms with van der Waals surface area (Å²) in [6.07, 6.45) is 0. The van der Waals surface area contributed by atoms with Gasteiger partial charge in [-0.05, 0) is 49.2 Å². The molecule has 4 aromatic rings. The minimum atomic E-state index is -3.68. The minimum Gasteiger partial charge on any atom is -0.497 e. The molecule has 1 N–H and O–H groups in total. The molecule has 0 spiro atoms. The number of nitrogens with one attached hydrogen (secondary N) is 1. The number of hydrogen-bond donors (Lipinski definition) is 1. The molecule has 184 valence electrons. The molecule has 0 aliphatic heterocycles. The number of furan rings is 1. The Morgan fingerprint density at radius 2 is 1.66 bits per heavy atom. The number of benzene rings is 3. The smallest absolute Gasteiger partial charge is 0.355 e. The normalized spacial score (nSPS) is 12.7. The van der Waals surface area contributed by atoms with E-state index in [1.165, 1.54) is 0 Å². The van der Waals surface area contributed by atoms with Gasteiger partial charge in [-0.2, -0.15) is 0 Å². The second-order valence-electron chi connectivity index (χ2n) is 7.85. The number of ether oxygens (including phenoxy) is 1. The lowest BCUT2D eigenvalue weighted by atomic mass is 10.0. The van der Waals surface area contributed by atoms with Gasteiger partial charge in [-0.25, -0.2) is 0 Å². The molecule has 0 amide bonds. The molecule has 1 unspecified atom stereocenters. The van der Waals surface area contributed by atoms with E-state index in [-0.39, 0.29) is 13.2 Å². The molecule has 1 heterocycles. The van der Waals surface area contributed by atoms with Crippen LogP contribution in [0.15, 0.2) is 77.2 Å². The highest BCUT2D eigenvalue weighted by atomic mass is 35.5. The van der Waals surface area contributed by atoms with Gasteiger partial charge in [0, 0.05) is 28.6 Å². The van der Waals surface area contributed by atoms with Gasteiger partial charge in [-0.3, -0.25) is 9.88 Å². The van der Waals surface area contributed by atoms with Crippen LogP contribution in [-0.4, -0.2) is 20.3 Å². The van der Waals surface area contributed by atoms with Crippen molar-refractivity contribution >= 4 is 30.2 Å². The molecule has 0 aliphatic carbocycles. The maximum Gasteiger partial charge on any atom is 0.355 e. The number of rotatable bonds is 11. The molecule has 0 bridgehead atoms. The quantitative estimate of drug-likeness (QED) is 0.206. The van der Waals surface area contributed by atoms with Crippen LogP contribution in [0.2, 0.25) is 5.02 Å². The van der Waals surface area contributed by atoms with Gasteiger partial charge in [-0.1, -0.05) is 54.1 Å². The number of methoxy groups -OCH3 is 1. The highest BCUT2D eigenvalue weighted by molar-refractivity contribution is 7.54. The Hall–Kier alpha value is -2.60. The van der Waals surface area contributed by atoms with Crippen molar-refractivity contribution in [2.45, 2.75) is 26.2 Å². The van der Waals surface area contributed by atoms with Crippen molar-refractivity contribution in [1.29, 1.82) is 0 Å². The van der Waals surface area contributed by atoms with E-state index in [9.17, 15) is 4.57 Å². The van der Waals surface area contributed by atoms with Crippen molar-refractivity contribution in [3.63, 3.8) is 0 Å². The Bertz CT molecular complexity index is 1300. The lowest BCUT2D eigenvalue weighted by Crippen LogP contribution is -2.23. The van der Waals surface area contributed by atoms with Crippen LogP contribution >= 0.6 is 19.2 Å². The standard InChI is InChI=1S/C27H29ClNO5P/c1-4-32-35(30,33-5-2)27(29-18-19-11-13-21(28)14-12-19)26-25(20-9-7-6-8-10-20)23-16-15-22(31-3)17-24(23)34-26/h6-17,27,29H,4-5,18H2,1-3H3. The summed E-state index contributed by atoms with van der Waals surface area (Å²) in [5.41, 5.74) is 3.36.